The SMILES string of the molecule is c1ccc(N(c2ccc(CCCOCC3CO3)cc2)c2ccc(CCCOCC3CO3)cc2)cc1. The van der Waals surface area contributed by atoms with Gasteiger partial charge in [0.15, 0.2) is 0 Å². The van der Waals surface area contributed by atoms with E-state index < -0.39 is 0 Å². The number of ether oxygens (including phenoxy) is 4. The number of para-hydroxylation sites is 1. The molecule has 35 heavy (non-hydrogen) atoms. The third-order valence-corrected chi connectivity index (χ3v) is 6.32. The molecule has 2 heterocycles. The van der Waals surface area contributed by atoms with Gasteiger partial charge in [0.2, 0.25) is 0 Å². The Balaban J connectivity index is 1.19. The zero-order chi connectivity index (χ0) is 23.7. The van der Waals surface area contributed by atoms with Crippen LogP contribution in [0.2, 0.25) is 0 Å². The summed E-state index contributed by atoms with van der Waals surface area (Å²) >= 11 is 0. The molecule has 184 valence electrons. The first kappa shape index (κ1) is 24.0. The van der Waals surface area contributed by atoms with E-state index in [1.54, 1.807) is 0 Å². The van der Waals surface area contributed by atoms with Gasteiger partial charge < -0.3 is 23.8 Å². The first-order chi connectivity index (χ1) is 17.3. The molecule has 2 aliphatic rings. The predicted molar refractivity (Wildman–Crippen MR) is 139 cm³/mol. The van der Waals surface area contributed by atoms with Crippen molar-refractivity contribution >= 4 is 17.1 Å². The number of hydrogen-bond donors (Lipinski definition) is 0. The third-order valence-electron chi connectivity index (χ3n) is 6.32. The standard InChI is InChI=1S/C30H35NO4/c1-2-8-26(9-3-1)31(27-14-10-24(11-15-27)6-4-18-32-20-29-22-34-29)28-16-12-25(13-17-28)7-5-19-33-21-30-23-35-30/h1-3,8-17,29-30H,4-7,18-23H2. The smallest absolute Gasteiger partial charge is 0.104 e. The zero-order valence-electron chi connectivity index (χ0n) is 20.3. The van der Waals surface area contributed by atoms with Gasteiger partial charge in [0.25, 0.3) is 0 Å². The average Bonchev–Trinajstić information content (AvgIpc) is 3.82. The van der Waals surface area contributed by atoms with Crippen molar-refractivity contribution in [2.75, 3.05) is 44.5 Å². The lowest BCUT2D eigenvalue weighted by Gasteiger charge is -2.26. The van der Waals surface area contributed by atoms with Crippen molar-refractivity contribution in [3.63, 3.8) is 0 Å². The van der Waals surface area contributed by atoms with Crippen LogP contribution < -0.4 is 4.90 Å². The summed E-state index contributed by atoms with van der Waals surface area (Å²) in [6.07, 6.45) is 4.76. The van der Waals surface area contributed by atoms with Gasteiger partial charge in [0.05, 0.1) is 26.4 Å². The molecular formula is C30H35NO4. The second-order valence-electron chi connectivity index (χ2n) is 9.27. The molecule has 0 aromatic heterocycles. The van der Waals surface area contributed by atoms with Crippen molar-refractivity contribution in [1.82, 2.24) is 0 Å². The fraction of sp³-hybridized carbons (Fsp3) is 0.400. The molecule has 0 radical (unpaired) electrons. The van der Waals surface area contributed by atoms with Gasteiger partial charge in [0.1, 0.15) is 12.2 Å². The molecule has 2 aliphatic heterocycles. The van der Waals surface area contributed by atoms with Crippen LogP contribution in [0.4, 0.5) is 17.1 Å². The van der Waals surface area contributed by atoms with Crippen LogP contribution in [0, 0.1) is 0 Å². The van der Waals surface area contributed by atoms with E-state index in [1.807, 2.05) is 0 Å². The molecule has 3 aromatic carbocycles. The highest BCUT2D eigenvalue weighted by molar-refractivity contribution is 5.76. The number of benzene rings is 3. The second kappa shape index (κ2) is 12.3. The molecular weight excluding hydrogens is 438 g/mol. The van der Waals surface area contributed by atoms with Crippen molar-refractivity contribution in [3.8, 4) is 0 Å². The summed E-state index contributed by atoms with van der Waals surface area (Å²) in [5, 5.41) is 0. The summed E-state index contributed by atoms with van der Waals surface area (Å²) in [6, 6.07) is 28.3. The minimum atomic E-state index is 0.341. The van der Waals surface area contributed by atoms with Crippen LogP contribution in [-0.2, 0) is 31.8 Å². The van der Waals surface area contributed by atoms with Gasteiger partial charge in [0, 0.05) is 30.3 Å². The van der Waals surface area contributed by atoms with E-state index in [0.717, 1.165) is 82.4 Å². The first-order valence-electron chi connectivity index (χ1n) is 12.8. The maximum absolute atomic E-state index is 5.67. The summed E-state index contributed by atoms with van der Waals surface area (Å²) in [7, 11) is 0. The van der Waals surface area contributed by atoms with Crippen LogP contribution in [0.25, 0.3) is 0 Å². The lowest BCUT2D eigenvalue weighted by molar-refractivity contribution is 0.114. The molecule has 2 unspecified atom stereocenters. The van der Waals surface area contributed by atoms with Crippen LogP contribution >= 0.6 is 0 Å². The maximum Gasteiger partial charge on any atom is 0.104 e. The van der Waals surface area contributed by atoms with Crippen LogP contribution in [0.15, 0.2) is 78.9 Å². The van der Waals surface area contributed by atoms with Crippen molar-refractivity contribution in [1.29, 1.82) is 0 Å². The largest absolute Gasteiger partial charge is 0.379 e. The quantitative estimate of drug-likeness (QED) is 0.205. The number of hydrogen-bond acceptors (Lipinski definition) is 5. The number of rotatable bonds is 15. The molecule has 2 saturated heterocycles. The van der Waals surface area contributed by atoms with Gasteiger partial charge in [-0.3, -0.25) is 0 Å². The molecule has 2 fully saturated rings. The Kier molecular flexibility index (Phi) is 8.45. The van der Waals surface area contributed by atoms with Crippen molar-refractivity contribution < 1.29 is 18.9 Å². The molecule has 0 amide bonds. The minimum Gasteiger partial charge on any atom is -0.379 e. The summed E-state index contributed by atoms with van der Waals surface area (Å²) < 4.78 is 21.7. The summed E-state index contributed by atoms with van der Waals surface area (Å²) in [5.74, 6) is 0. The number of nitrogens with zero attached hydrogens (tertiary/aromatic N) is 1. The Morgan fingerprint density at radius 3 is 1.46 bits per heavy atom. The normalized spacial score (nSPS) is 18.4. The lowest BCUT2D eigenvalue weighted by atomic mass is 10.1. The summed E-state index contributed by atoms with van der Waals surface area (Å²) in [4.78, 5) is 2.31. The molecule has 3 aromatic rings. The third kappa shape index (κ3) is 7.64. The Morgan fingerprint density at radius 1 is 0.600 bits per heavy atom. The van der Waals surface area contributed by atoms with Crippen molar-refractivity contribution in [2.45, 2.75) is 37.9 Å². The Labute approximate surface area is 208 Å². The van der Waals surface area contributed by atoms with Crippen LogP contribution in [0.1, 0.15) is 24.0 Å². The Morgan fingerprint density at radius 2 is 1.03 bits per heavy atom. The maximum atomic E-state index is 5.67. The second-order valence-corrected chi connectivity index (χ2v) is 9.27. The van der Waals surface area contributed by atoms with E-state index in [-0.39, 0.29) is 0 Å². The topological polar surface area (TPSA) is 46.8 Å². The van der Waals surface area contributed by atoms with Gasteiger partial charge >= 0.3 is 0 Å². The number of anilines is 3. The summed E-state index contributed by atoms with van der Waals surface area (Å²) in [5.41, 5.74) is 6.13. The zero-order valence-corrected chi connectivity index (χ0v) is 20.3. The van der Waals surface area contributed by atoms with E-state index in [1.165, 1.54) is 11.1 Å². The molecule has 0 aliphatic carbocycles. The molecule has 0 bridgehead atoms. The van der Waals surface area contributed by atoms with Gasteiger partial charge in [-0.2, -0.15) is 0 Å². The molecule has 5 rings (SSSR count). The minimum absolute atomic E-state index is 0.341. The highest BCUT2D eigenvalue weighted by Gasteiger charge is 2.22. The molecule has 0 N–H and O–H groups in total. The predicted octanol–water partition coefficient (Wildman–Crippen LogP) is 5.85. The monoisotopic (exact) mass is 473 g/mol. The van der Waals surface area contributed by atoms with Gasteiger partial charge in [-0.1, -0.05) is 42.5 Å². The van der Waals surface area contributed by atoms with Crippen molar-refractivity contribution in [3.05, 3.63) is 90.0 Å². The molecule has 5 nitrogen and oxygen atoms in total. The molecule has 0 saturated carbocycles. The summed E-state index contributed by atoms with van der Waals surface area (Å²) in [6.45, 7) is 4.73. The highest BCUT2D eigenvalue weighted by Crippen LogP contribution is 2.34. The van der Waals surface area contributed by atoms with Crippen LogP contribution in [0.3, 0.4) is 0 Å². The van der Waals surface area contributed by atoms with E-state index in [9.17, 15) is 0 Å². The van der Waals surface area contributed by atoms with E-state index in [0.29, 0.717) is 12.2 Å². The average molecular weight is 474 g/mol. The fourth-order valence-electron chi connectivity index (χ4n) is 4.16. The number of epoxide rings is 2. The molecule has 0 spiro atoms. The highest BCUT2D eigenvalue weighted by atomic mass is 16.6. The van der Waals surface area contributed by atoms with Crippen LogP contribution in [0.5, 0.6) is 0 Å². The van der Waals surface area contributed by atoms with Gasteiger partial charge in [-0.15, -0.1) is 0 Å². The fourth-order valence-corrected chi connectivity index (χ4v) is 4.16. The number of aryl methyl sites for hydroxylation is 2. The Bertz CT molecular complexity index is 949. The molecule has 5 heteroatoms. The first-order valence-corrected chi connectivity index (χ1v) is 12.8. The van der Waals surface area contributed by atoms with E-state index >= 15 is 0 Å². The van der Waals surface area contributed by atoms with Crippen LogP contribution in [-0.4, -0.2) is 51.8 Å². The van der Waals surface area contributed by atoms with Gasteiger partial charge in [-0.05, 0) is 73.2 Å². The lowest BCUT2D eigenvalue weighted by Crippen LogP contribution is -2.10. The van der Waals surface area contributed by atoms with Gasteiger partial charge in [-0.25, -0.2) is 0 Å². The Hall–Kier alpha value is -2.70. The van der Waals surface area contributed by atoms with E-state index in [2.05, 4.69) is 83.8 Å². The molecule has 2 atom stereocenters. The van der Waals surface area contributed by atoms with Crippen molar-refractivity contribution in [2.24, 2.45) is 0 Å². The van der Waals surface area contributed by atoms with E-state index in [4.69, 9.17) is 18.9 Å².